The largest absolute Gasteiger partial charge is 0.311 e. The van der Waals surface area contributed by atoms with E-state index in [0.29, 0.717) is 17.5 Å². The number of aryl methyl sites for hydroxylation is 1. The number of nitrogens with one attached hydrogen (secondary N) is 2. The second kappa shape index (κ2) is 4.81. The van der Waals surface area contributed by atoms with Gasteiger partial charge in [-0.15, -0.1) is 0 Å². The van der Waals surface area contributed by atoms with Crippen LogP contribution in [-0.4, -0.2) is 22.3 Å². The van der Waals surface area contributed by atoms with E-state index in [2.05, 4.69) is 49.3 Å². The van der Waals surface area contributed by atoms with Gasteiger partial charge in [-0.05, 0) is 38.2 Å². The number of nitrogens with zero attached hydrogens (tertiary/aromatic N) is 1. The van der Waals surface area contributed by atoms with Crippen LogP contribution in [0.25, 0.3) is 0 Å². The molecular formula is C14H25N3. The van der Waals surface area contributed by atoms with Crippen LogP contribution in [-0.2, 0) is 6.42 Å². The van der Waals surface area contributed by atoms with E-state index in [0.717, 1.165) is 12.1 Å². The van der Waals surface area contributed by atoms with Crippen molar-refractivity contribution in [1.29, 1.82) is 0 Å². The fourth-order valence-electron chi connectivity index (χ4n) is 2.93. The molecule has 0 aliphatic heterocycles. The molecule has 1 aliphatic rings. The molecule has 0 aromatic carbocycles. The summed E-state index contributed by atoms with van der Waals surface area (Å²) in [4.78, 5) is 0. The minimum absolute atomic E-state index is 0.454. The quantitative estimate of drug-likeness (QED) is 0.842. The Bertz CT molecular complexity index is 367. The lowest BCUT2D eigenvalue weighted by Crippen LogP contribution is -2.43. The van der Waals surface area contributed by atoms with Crippen molar-refractivity contribution in [2.45, 2.75) is 65.5 Å². The summed E-state index contributed by atoms with van der Waals surface area (Å²) in [6, 6.07) is 3.30. The van der Waals surface area contributed by atoms with Crippen molar-refractivity contribution in [1.82, 2.24) is 15.5 Å². The first-order valence-electron chi connectivity index (χ1n) is 6.74. The standard InChI is InChI=1S/C14H25N3/c1-10(8-12-9-11(2)16-17-12)15-13-6-5-7-14(13,3)4/h9-10,13,15H,5-8H2,1-4H3,(H,16,17)/t10-,13-/m1/s1. The Morgan fingerprint density at radius 1 is 1.59 bits per heavy atom. The van der Waals surface area contributed by atoms with Crippen LogP contribution in [0.4, 0.5) is 0 Å². The SMILES string of the molecule is Cc1cc(C[C@@H](C)N[C@@H]2CCCC2(C)C)n[nH]1. The van der Waals surface area contributed by atoms with E-state index in [1.54, 1.807) is 0 Å². The van der Waals surface area contributed by atoms with Crippen molar-refractivity contribution in [2.24, 2.45) is 5.41 Å². The highest BCUT2D eigenvalue weighted by Gasteiger charge is 2.34. The van der Waals surface area contributed by atoms with Crippen molar-refractivity contribution in [3.05, 3.63) is 17.5 Å². The highest BCUT2D eigenvalue weighted by atomic mass is 15.1. The zero-order chi connectivity index (χ0) is 12.5. The summed E-state index contributed by atoms with van der Waals surface area (Å²) in [5, 5.41) is 11.1. The molecular weight excluding hydrogens is 210 g/mol. The second-order valence-electron chi connectivity index (χ2n) is 6.25. The Kier molecular flexibility index (Phi) is 3.57. The lowest BCUT2D eigenvalue weighted by atomic mass is 9.87. The molecule has 1 aromatic heterocycles. The third-order valence-corrected chi connectivity index (χ3v) is 4.02. The average molecular weight is 235 g/mol. The molecule has 0 spiro atoms. The fraction of sp³-hybridized carbons (Fsp3) is 0.786. The van der Waals surface area contributed by atoms with Gasteiger partial charge >= 0.3 is 0 Å². The molecule has 3 nitrogen and oxygen atoms in total. The molecule has 1 saturated carbocycles. The van der Waals surface area contributed by atoms with E-state index in [-0.39, 0.29) is 0 Å². The van der Waals surface area contributed by atoms with Crippen LogP contribution >= 0.6 is 0 Å². The number of hydrogen-bond donors (Lipinski definition) is 2. The molecule has 2 rings (SSSR count). The lowest BCUT2D eigenvalue weighted by Gasteiger charge is -2.30. The van der Waals surface area contributed by atoms with Crippen LogP contribution in [0.5, 0.6) is 0 Å². The summed E-state index contributed by atoms with van der Waals surface area (Å²) < 4.78 is 0. The summed E-state index contributed by atoms with van der Waals surface area (Å²) in [6.45, 7) is 9.07. The van der Waals surface area contributed by atoms with Crippen LogP contribution in [0.15, 0.2) is 6.07 Å². The number of aromatic nitrogens is 2. The maximum absolute atomic E-state index is 4.30. The molecule has 1 fully saturated rings. The van der Waals surface area contributed by atoms with Gasteiger partial charge in [-0.1, -0.05) is 20.3 Å². The number of hydrogen-bond acceptors (Lipinski definition) is 2. The summed E-state index contributed by atoms with van der Waals surface area (Å²) in [6.07, 6.45) is 5.03. The van der Waals surface area contributed by atoms with Crippen LogP contribution in [0.1, 0.15) is 51.4 Å². The maximum Gasteiger partial charge on any atom is 0.0640 e. The average Bonchev–Trinajstić information content (AvgIpc) is 2.74. The van der Waals surface area contributed by atoms with Crippen molar-refractivity contribution in [3.8, 4) is 0 Å². The Labute approximate surface area is 104 Å². The van der Waals surface area contributed by atoms with E-state index < -0.39 is 0 Å². The zero-order valence-corrected chi connectivity index (χ0v) is 11.5. The molecule has 96 valence electrons. The van der Waals surface area contributed by atoms with Crippen molar-refractivity contribution in [3.63, 3.8) is 0 Å². The first-order valence-corrected chi connectivity index (χ1v) is 6.74. The van der Waals surface area contributed by atoms with Gasteiger partial charge in [0, 0.05) is 24.2 Å². The molecule has 0 bridgehead atoms. The fourth-order valence-corrected chi connectivity index (χ4v) is 2.93. The predicted molar refractivity (Wildman–Crippen MR) is 71.0 cm³/mol. The van der Waals surface area contributed by atoms with E-state index in [1.807, 2.05) is 0 Å². The van der Waals surface area contributed by atoms with Crippen molar-refractivity contribution >= 4 is 0 Å². The Morgan fingerprint density at radius 2 is 2.35 bits per heavy atom. The molecule has 2 atom stereocenters. The molecule has 0 saturated heterocycles. The maximum atomic E-state index is 4.30. The van der Waals surface area contributed by atoms with Gasteiger partial charge in [0.25, 0.3) is 0 Å². The van der Waals surface area contributed by atoms with Crippen LogP contribution in [0.3, 0.4) is 0 Å². The van der Waals surface area contributed by atoms with Crippen LogP contribution < -0.4 is 5.32 Å². The normalized spacial score (nSPS) is 25.1. The molecule has 0 unspecified atom stereocenters. The molecule has 0 amide bonds. The summed E-state index contributed by atoms with van der Waals surface area (Å²) >= 11 is 0. The third-order valence-electron chi connectivity index (χ3n) is 4.02. The van der Waals surface area contributed by atoms with Crippen LogP contribution in [0, 0.1) is 12.3 Å². The number of aromatic amines is 1. The van der Waals surface area contributed by atoms with Crippen molar-refractivity contribution < 1.29 is 0 Å². The van der Waals surface area contributed by atoms with Gasteiger partial charge in [0.2, 0.25) is 0 Å². The Morgan fingerprint density at radius 3 is 2.88 bits per heavy atom. The van der Waals surface area contributed by atoms with E-state index in [4.69, 9.17) is 0 Å². The minimum atomic E-state index is 0.454. The van der Waals surface area contributed by atoms with Gasteiger partial charge in [0.15, 0.2) is 0 Å². The van der Waals surface area contributed by atoms with Gasteiger partial charge in [0.05, 0.1) is 5.69 Å². The Hall–Kier alpha value is -0.830. The van der Waals surface area contributed by atoms with Gasteiger partial charge in [0.1, 0.15) is 0 Å². The minimum Gasteiger partial charge on any atom is -0.311 e. The summed E-state index contributed by atoms with van der Waals surface area (Å²) in [5.41, 5.74) is 2.77. The van der Waals surface area contributed by atoms with E-state index in [9.17, 15) is 0 Å². The molecule has 1 aromatic rings. The third kappa shape index (κ3) is 3.09. The zero-order valence-electron chi connectivity index (χ0n) is 11.5. The lowest BCUT2D eigenvalue weighted by molar-refractivity contribution is 0.264. The van der Waals surface area contributed by atoms with Gasteiger partial charge in [-0.2, -0.15) is 5.10 Å². The molecule has 1 heterocycles. The summed E-state index contributed by atoms with van der Waals surface area (Å²) in [7, 11) is 0. The van der Waals surface area contributed by atoms with Crippen LogP contribution in [0.2, 0.25) is 0 Å². The van der Waals surface area contributed by atoms with Gasteiger partial charge in [-0.25, -0.2) is 0 Å². The number of H-pyrrole nitrogens is 1. The van der Waals surface area contributed by atoms with Gasteiger partial charge < -0.3 is 5.32 Å². The monoisotopic (exact) mass is 235 g/mol. The summed E-state index contributed by atoms with van der Waals surface area (Å²) in [5.74, 6) is 0. The van der Waals surface area contributed by atoms with Gasteiger partial charge in [-0.3, -0.25) is 5.10 Å². The van der Waals surface area contributed by atoms with E-state index >= 15 is 0 Å². The molecule has 2 N–H and O–H groups in total. The topological polar surface area (TPSA) is 40.7 Å². The highest BCUT2D eigenvalue weighted by molar-refractivity contribution is 5.08. The molecule has 0 radical (unpaired) electrons. The van der Waals surface area contributed by atoms with Crippen molar-refractivity contribution in [2.75, 3.05) is 0 Å². The smallest absolute Gasteiger partial charge is 0.0640 e. The predicted octanol–water partition coefficient (Wildman–Crippen LogP) is 2.82. The molecule has 1 aliphatic carbocycles. The first-order chi connectivity index (χ1) is 7.97. The van der Waals surface area contributed by atoms with E-state index in [1.165, 1.54) is 25.0 Å². The highest BCUT2D eigenvalue weighted by Crippen LogP contribution is 2.37. The molecule has 3 heteroatoms. The first kappa shape index (κ1) is 12.6. The second-order valence-corrected chi connectivity index (χ2v) is 6.25. The Balaban J connectivity index is 1.87. The number of rotatable bonds is 4. The molecule has 17 heavy (non-hydrogen) atoms.